The molecule has 6 heteroatoms. The van der Waals surface area contributed by atoms with Gasteiger partial charge in [-0.1, -0.05) is 31.0 Å². The van der Waals surface area contributed by atoms with Crippen LogP contribution in [0.25, 0.3) is 11.1 Å². The zero-order valence-electron chi connectivity index (χ0n) is 15.2. The van der Waals surface area contributed by atoms with Crippen molar-refractivity contribution in [3.8, 4) is 0 Å². The van der Waals surface area contributed by atoms with E-state index in [2.05, 4.69) is 11.4 Å². The van der Waals surface area contributed by atoms with Crippen LogP contribution >= 0.6 is 11.8 Å². The molecular weight excluding hydrogens is 360 g/mol. The molecule has 1 aliphatic carbocycles. The first kappa shape index (κ1) is 17.9. The van der Waals surface area contributed by atoms with Crippen molar-refractivity contribution in [1.82, 2.24) is 4.57 Å². The molecule has 0 unspecified atom stereocenters. The number of oxazole rings is 1. The molecule has 1 saturated carbocycles. The summed E-state index contributed by atoms with van der Waals surface area (Å²) in [7, 11) is 1.63. The number of benzene rings is 2. The van der Waals surface area contributed by atoms with E-state index in [9.17, 15) is 9.59 Å². The fourth-order valence-corrected chi connectivity index (χ4v) is 4.81. The Morgan fingerprint density at radius 1 is 1.22 bits per heavy atom. The Hall–Kier alpha value is -2.47. The monoisotopic (exact) mass is 382 g/mol. The molecule has 1 N–H and O–H groups in total. The van der Waals surface area contributed by atoms with Gasteiger partial charge < -0.3 is 9.73 Å². The number of aromatic nitrogens is 1. The maximum absolute atomic E-state index is 12.7. The highest BCUT2D eigenvalue weighted by molar-refractivity contribution is 7.99. The molecule has 1 aliphatic rings. The molecule has 1 amide bonds. The second-order valence-electron chi connectivity index (χ2n) is 6.95. The van der Waals surface area contributed by atoms with Crippen LogP contribution in [-0.2, 0) is 12.8 Å². The highest BCUT2D eigenvalue weighted by Gasteiger charge is 2.17. The predicted molar refractivity (Wildman–Crippen MR) is 109 cm³/mol. The Kier molecular flexibility index (Phi) is 5.07. The molecule has 1 fully saturated rings. The first-order valence-electron chi connectivity index (χ1n) is 9.22. The number of anilines is 1. The van der Waals surface area contributed by atoms with Crippen molar-refractivity contribution in [1.29, 1.82) is 0 Å². The minimum Gasteiger partial charge on any atom is -0.407 e. The molecule has 27 heavy (non-hydrogen) atoms. The third kappa shape index (κ3) is 3.81. The summed E-state index contributed by atoms with van der Waals surface area (Å²) in [6.07, 6.45) is 5.31. The number of rotatable bonds is 5. The number of fused-ring (bicyclic) bond motifs is 1. The molecule has 2 aromatic carbocycles. The molecule has 140 valence electrons. The molecule has 1 aromatic heterocycles. The zero-order chi connectivity index (χ0) is 18.8. The van der Waals surface area contributed by atoms with Crippen molar-refractivity contribution in [2.45, 2.75) is 36.7 Å². The molecule has 1 heterocycles. The van der Waals surface area contributed by atoms with Gasteiger partial charge >= 0.3 is 5.76 Å². The van der Waals surface area contributed by atoms with Crippen molar-refractivity contribution in [2.24, 2.45) is 7.05 Å². The zero-order valence-corrected chi connectivity index (χ0v) is 16.1. The van der Waals surface area contributed by atoms with Crippen LogP contribution < -0.4 is 11.1 Å². The Morgan fingerprint density at radius 2 is 2.00 bits per heavy atom. The largest absolute Gasteiger partial charge is 0.419 e. The average molecular weight is 382 g/mol. The van der Waals surface area contributed by atoms with Crippen LogP contribution in [0.2, 0.25) is 0 Å². The number of aryl methyl sites for hydroxylation is 1. The molecule has 0 bridgehead atoms. The molecule has 0 saturated heterocycles. The Morgan fingerprint density at radius 3 is 2.81 bits per heavy atom. The minimum absolute atomic E-state index is 0.282. The number of hydrogen-bond acceptors (Lipinski definition) is 4. The van der Waals surface area contributed by atoms with Gasteiger partial charge in [-0.15, -0.1) is 0 Å². The average Bonchev–Trinajstić information content (AvgIpc) is 3.29. The van der Waals surface area contributed by atoms with Crippen molar-refractivity contribution >= 4 is 34.5 Å². The van der Waals surface area contributed by atoms with E-state index in [-0.39, 0.29) is 5.91 Å². The van der Waals surface area contributed by atoms with Crippen LogP contribution in [-0.4, -0.2) is 15.7 Å². The molecule has 0 aliphatic heterocycles. The van der Waals surface area contributed by atoms with Crippen molar-refractivity contribution in [3.05, 3.63) is 64.1 Å². The fraction of sp³-hybridized carbons (Fsp3) is 0.333. The van der Waals surface area contributed by atoms with Gasteiger partial charge in [-0.2, -0.15) is 11.8 Å². The Labute approximate surface area is 161 Å². The number of amides is 1. The van der Waals surface area contributed by atoms with Gasteiger partial charge in [0.1, 0.15) is 0 Å². The van der Waals surface area contributed by atoms with Crippen molar-refractivity contribution in [2.75, 3.05) is 5.32 Å². The number of nitrogens with zero attached hydrogens (tertiary/aromatic N) is 1. The lowest BCUT2D eigenvalue weighted by Gasteiger charge is -2.10. The van der Waals surface area contributed by atoms with Crippen LogP contribution in [0.3, 0.4) is 0 Å². The van der Waals surface area contributed by atoms with Crippen LogP contribution in [0.15, 0.2) is 51.7 Å². The number of nitrogens with one attached hydrogen (secondary N) is 1. The van der Waals surface area contributed by atoms with Gasteiger partial charge in [0.15, 0.2) is 5.58 Å². The maximum atomic E-state index is 12.7. The Balaban J connectivity index is 1.50. The maximum Gasteiger partial charge on any atom is 0.419 e. The number of para-hydroxylation sites is 1. The van der Waals surface area contributed by atoms with Gasteiger partial charge in [0.25, 0.3) is 5.91 Å². The van der Waals surface area contributed by atoms with Crippen LogP contribution in [0.5, 0.6) is 0 Å². The van der Waals surface area contributed by atoms with E-state index in [1.54, 1.807) is 25.2 Å². The number of thioether (sulfide) groups is 1. The smallest absolute Gasteiger partial charge is 0.407 e. The van der Waals surface area contributed by atoms with Crippen molar-refractivity contribution in [3.63, 3.8) is 0 Å². The summed E-state index contributed by atoms with van der Waals surface area (Å²) in [5, 5.41) is 3.69. The van der Waals surface area contributed by atoms with E-state index in [1.165, 1.54) is 35.8 Å². The summed E-state index contributed by atoms with van der Waals surface area (Å²) in [4.78, 5) is 24.5. The lowest BCUT2D eigenvalue weighted by Crippen LogP contribution is -2.12. The molecule has 3 aromatic rings. The highest BCUT2D eigenvalue weighted by Crippen LogP contribution is 2.32. The molecule has 0 atom stereocenters. The molecule has 0 radical (unpaired) electrons. The standard InChI is InChI=1S/C21H22N2O3S/c1-23-18-11-5-10-17(19(18)26-21(23)25)20(24)22-15-7-4-6-14(12-15)13-27-16-8-2-3-9-16/h4-7,10-12,16H,2-3,8-9,13H2,1H3,(H,22,24). The summed E-state index contributed by atoms with van der Waals surface area (Å²) < 4.78 is 6.65. The van der Waals surface area contributed by atoms with E-state index < -0.39 is 5.76 Å². The fourth-order valence-electron chi connectivity index (χ4n) is 3.54. The number of hydrogen-bond donors (Lipinski definition) is 1. The van der Waals surface area contributed by atoms with Gasteiger partial charge in [-0.3, -0.25) is 9.36 Å². The molecule has 5 nitrogen and oxygen atoms in total. The van der Waals surface area contributed by atoms with E-state index in [1.807, 2.05) is 30.0 Å². The van der Waals surface area contributed by atoms with E-state index in [4.69, 9.17) is 4.42 Å². The van der Waals surface area contributed by atoms with Crippen LogP contribution in [0.4, 0.5) is 5.69 Å². The predicted octanol–water partition coefficient (Wildman–Crippen LogP) is 4.56. The quantitative estimate of drug-likeness (QED) is 0.703. The summed E-state index contributed by atoms with van der Waals surface area (Å²) >= 11 is 2.00. The Bertz CT molecular complexity index is 1030. The number of carbonyl (C=O) groups is 1. The third-order valence-electron chi connectivity index (χ3n) is 5.04. The van der Waals surface area contributed by atoms with Gasteiger partial charge in [0.2, 0.25) is 0 Å². The second-order valence-corrected chi connectivity index (χ2v) is 8.24. The normalized spacial score (nSPS) is 14.7. The summed E-state index contributed by atoms with van der Waals surface area (Å²) in [6, 6.07) is 13.1. The second kappa shape index (κ2) is 7.64. The molecule has 4 rings (SSSR count). The van der Waals surface area contributed by atoms with Crippen LogP contribution in [0.1, 0.15) is 41.6 Å². The first-order valence-corrected chi connectivity index (χ1v) is 10.3. The first-order chi connectivity index (χ1) is 13.1. The third-order valence-corrected chi connectivity index (χ3v) is 6.48. The van der Waals surface area contributed by atoms with Crippen LogP contribution in [0, 0.1) is 0 Å². The highest BCUT2D eigenvalue weighted by atomic mass is 32.2. The SMILES string of the molecule is Cn1c(=O)oc2c(C(=O)Nc3cccc(CSC4CCCC4)c3)cccc21. The lowest BCUT2D eigenvalue weighted by atomic mass is 10.1. The summed E-state index contributed by atoms with van der Waals surface area (Å²) in [5.41, 5.74) is 3.23. The van der Waals surface area contributed by atoms with Gasteiger partial charge in [0.05, 0.1) is 11.1 Å². The van der Waals surface area contributed by atoms with E-state index in [0.29, 0.717) is 16.7 Å². The van der Waals surface area contributed by atoms with Crippen molar-refractivity contribution < 1.29 is 9.21 Å². The topological polar surface area (TPSA) is 64.2 Å². The van der Waals surface area contributed by atoms with Gasteiger partial charge in [0, 0.05) is 23.7 Å². The van der Waals surface area contributed by atoms with E-state index >= 15 is 0 Å². The van der Waals surface area contributed by atoms with E-state index in [0.717, 1.165) is 16.7 Å². The summed E-state index contributed by atoms with van der Waals surface area (Å²) in [5.74, 6) is 0.198. The lowest BCUT2D eigenvalue weighted by molar-refractivity contribution is 0.102. The number of carbonyl (C=O) groups excluding carboxylic acids is 1. The van der Waals surface area contributed by atoms with Gasteiger partial charge in [-0.05, 0) is 42.7 Å². The summed E-state index contributed by atoms with van der Waals surface area (Å²) in [6.45, 7) is 0. The molecule has 0 spiro atoms. The van der Waals surface area contributed by atoms with Gasteiger partial charge in [-0.25, -0.2) is 4.79 Å². The molecular formula is C21H22N2O3S. The minimum atomic E-state index is -0.476.